The molecule has 0 aliphatic carbocycles. The van der Waals surface area contributed by atoms with E-state index < -0.39 is 24.6 Å². The lowest BCUT2D eigenvalue weighted by Gasteiger charge is -2.36. The Hall–Kier alpha value is -1.84. The quantitative estimate of drug-likeness (QED) is 0.539. The zero-order chi connectivity index (χ0) is 18.0. The van der Waals surface area contributed by atoms with Crippen molar-refractivity contribution < 1.29 is 34.0 Å². The molecular weight excluding hydrogens is 330 g/mol. The predicted octanol–water partition coefficient (Wildman–Crippen LogP) is -0.218. The van der Waals surface area contributed by atoms with Gasteiger partial charge in [0.2, 0.25) is 0 Å². The highest BCUT2D eigenvalue weighted by Gasteiger charge is 2.40. The number of nitrogens with zero attached hydrogens (tertiary/aromatic N) is 1. The van der Waals surface area contributed by atoms with Crippen LogP contribution in [0.1, 0.15) is 27.1 Å². The average Bonchev–Trinajstić information content (AvgIpc) is 2.86. The van der Waals surface area contributed by atoms with Gasteiger partial charge in [-0.25, -0.2) is 0 Å². The smallest absolute Gasteiger partial charge is 0.261 e. The predicted molar refractivity (Wildman–Crippen MR) is 84.9 cm³/mol. The van der Waals surface area contributed by atoms with Gasteiger partial charge in [0, 0.05) is 20.3 Å². The number of carbonyl (C=O) groups is 2. The van der Waals surface area contributed by atoms with E-state index >= 15 is 0 Å². The molecule has 0 radical (unpaired) electrons. The molecule has 1 saturated heterocycles. The Morgan fingerprint density at radius 3 is 2.44 bits per heavy atom. The number of methoxy groups -OCH3 is 1. The zero-order valence-electron chi connectivity index (χ0n) is 13.8. The molecule has 2 unspecified atom stereocenters. The van der Waals surface area contributed by atoms with Crippen LogP contribution in [0.25, 0.3) is 0 Å². The number of aliphatic hydroxyl groups excluding tert-OH is 2. The number of hydrogen-bond donors (Lipinski definition) is 2. The minimum absolute atomic E-state index is 0.00135. The van der Waals surface area contributed by atoms with E-state index in [9.17, 15) is 19.8 Å². The number of benzene rings is 1. The van der Waals surface area contributed by atoms with Crippen molar-refractivity contribution in [1.82, 2.24) is 4.90 Å². The molecule has 2 N–H and O–H groups in total. The Morgan fingerprint density at radius 1 is 1.20 bits per heavy atom. The fourth-order valence-electron chi connectivity index (χ4n) is 3.07. The lowest BCUT2D eigenvalue weighted by Crippen LogP contribution is -2.54. The number of amides is 2. The highest BCUT2D eigenvalue weighted by atomic mass is 16.7. The molecule has 2 heterocycles. The highest BCUT2D eigenvalue weighted by molar-refractivity contribution is 6.21. The molecule has 0 spiro atoms. The van der Waals surface area contributed by atoms with Gasteiger partial charge in [0.1, 0.15) is 18.3 Å². The van der Waals surface area contributed by atoms with Crippen LogP contribution in [0.5, 0.6) is 0 Å². The number of fused-ring (bicyclic) bond motifs is 1. The minimum Gasteiger partial charge on any atom is -0.388 e. The summed E-state index contributed by atoms with van der Waals surface area (Å²) >= 11 is 0. The highest BCUT2D eigenvalue weighted by Crippen LogP contribution is 2.23. The summed E-state index contributed by atoms with van der Waals surface area (Å²) in [5.41, 5.74) is 0.818. The number of imide groups is 1. The van der Waals surface area contributed by atoms with Gasteiger partial charge >= 0.3 is 0 Å². The molecular formula is C17H21NO7. The minimum atomic E-state index is -1.12. The summed E-state index contributed by atoms with van der Waals surface area (Å²) in [4.78, 5) is 25.7. The summed E-state index contributed by atoms with van der Waals surface area (Å²) in [6.45, 7) is 0.372. The molecule has 1 aromatic rings. The van der Waals surface area contributed by atoms with Crippen LogP contribution in [0.15, 0.2) is 24.3 Å². The van der Waals surface area contributed by atoms with E-state index in [1.165, 1.54) is 12.0 Å². The first kappa shape index (κ1) is 18.0. The van der Waals surface area contributed by atoms with Gasteiger partial charge in [-0.15, -0.1) is 0 Å². The van der Waals surface area contributed by atoms with E-state index in [-0.39, 0.29) is 31.6 Å². The molecule has 8 heteroatoms. The summed E-state index contributed by atoms with van der Waals surface area (Å²) in [5.74, 6) is -0.627. The van der Waals surface area contributed by atoms with Crippen LogP contribution < -0.4 is 0 Å². The molecule has 8 nitrogen and oxygen atoms in total. The van der Waals surface area contributed by atoms with Crippen LogP contribution in [0, 0.1) is 0 Å². The molecule has 3 rings (SSSR count). The van der Waals surface area contributed by atoms with Crippen molar-refractivity contribution in [2.24, 2.45) is 0 Å². The van der Waals surface area contributed by atoms with Crippen LogP contribution in [0.4, 0.5) is 0 Å². The third-order valence-corrected chi connectivity index (χ3v) is 4.37. The number of rotatable bonds is 6. The summed E-state index contributed by atoms with van der Waals surface area (Å²) in [6.07, 6.45) is -3.40. The average molecular weight is 351 g/mol. The largest absolute Gasteiger partial charge is 0.388 e. The topological polar surface area (TPSA) is 106 Å². The molecule has 0 aromatic heterocycles. The molecule has 0 bridgehead atoms. The summed E-state index contributed by atoms with van der Waals surface area (Å²) in [6, 6.07) is 6.70. The fourth-order valence-corrected chi connectivity index (χ4v) is 3.07. The molecule has 4 atom stereocenters. The maximum Gasteiger partial charge on any atom is 0.261 e. The van der Waals surface area contributed by atoms with Crippen molar-refractivity contribution >= 4 is 11.8 Å². The van der Waals surface area contributed by atoms with E-state index in [4.69, 9.17) is 14.2 Å². The summed E-state index contributed by atoms with van der Waals surface area (Å²) in [5, 5.41) is 19.9. The maximum atomic E-state index is 12.2. The first-order valence-electron chi connectivity index (χ1n) is 8.12. The van der Waals surface area contributed by atoms with E-state index in [0.717, 1.165) is 0 Å². The van der Waals surface area contributed by atoms with Crippen LogP contribution in [-0.2, 0) is 14.2 Å². The first-order valence-corrected chi connectivity index (χ1v) is 8.12. The molecule has 1 fully saturated rings. The summed E-state index contributed by atoms with van der Waals surface area (Å²) < 4.78 is 15.6. The van der Waals surface area contributed by atoms with E-state index in [2.05, 4.69) is 0 Å². The fraction of sp³-hybridized carbons (Fsp3) is 0.529. The third-order valence-electron chi connectivity index (χ3n) is 4.37. The van der Waals surface area contributed by atoms with Gasteiger partial charge in [0.05, 0.1) is 17.7 Å². The molecule has 2 aliphatic heterocycles. The normalized spacial score (nSPS) is 29.2. The molecule has 0 saturated carbocycles. The van der Waals surface area contributed by atoms with Crippen molar-refractivity contribution in [1.29, 1.82) is 0 Å². The molecule has 2 aliphatic rings. The van der Waals surface area contributed by atoms with Gasteiger partial charge in [-0.05, 0) is 18.6 Å². The van der Waals surface area contributed by atoms with Crippen LogP contribution in [-0.4, -0.2) is 78.4 Å². The number of carbonyl (C=O) groups excluding carboxylic acids is 2. The van der Waals surface area contributed by atoms with Crippen molar-refractivity contribution in [2.75, 3.05) is 26.9 Å². The number of aliphatic hydroxyl groups is 2. The lowest BCUT2D eigenvalue weighted by molar-refractivity contribution is -0.270. The van der Waals surface area contributed by atoms with Gasteiger partial charge in [-0.3, -0.25) is 14.5 Å². The third kappa shape index (κ3) is 3.44. The molecule has 25 heavy (non-hydrogen) atoms. The Balaban J connectivity index is 1.51. The van der Waals surface area contributed by atoms with Crippen LogP contribution in [0.2, 0.25) is 0 Å². The summed E-state index contributed by atoms with van der Waals surface area (Å²) in [7, 11) is 1.39. The molecule has 136 valence electrons. The van der Waals surface area contributed by atoms with Gasteiger partial charge < -0.3 is 24.4 Å². The van der Waals surface area contributed by atoms with Gasteiger partial charge in [-0.1, -0.05) is 12.1 Å². The number of hydrogen-bond acceptors (Lipinski definition) is 7. The first-order chi connectivity index (χ1) is 12.0. The second-order valence-corrected chi connectivity index (χ2v) is 5.99. The molecule has 1 aromatic carbocycles. The lowest BCUT2D eigenvalue weighted by atomic mass is 10.1. The van der Waals surface area contributed by atoms with Gasteiger partial charge in [0.25, 0.3) is 11.8 Å². The molecule has 2 amide bonds. The van der Waals surface area contributed by atoms with Crippen LogP contribution >= 0.6 is 0 Å². The standard InChI is InChI=1S/C17H21NO7/c1-23-17-13(20)14(12(19)9-25-17)24-8-4-7-18-15(21)10-5-2-3-6-11(10)16(18)22/h2-3,5-6,12-14,17,19-20H,4,7-9H2,1H3/t12-,13?,14?,17-/m0/s1. The van der Waals surface area contributed by atoms with Crippen molar-refractivity contribution in [3.8, 4) is 0 Å². The Kier molecular flexibility index (Phi) is 5.45. The van der Waals surface area contributed by atoms with E-state index in [1.807, 2.05) is 0 Å². The van der Waals surface area contributed by atoms with Crippen LogP contribution in [0.3, 0.4) is 0 Å². The van der Waals surface area contributed by atoms with E-state index in [0.29, 0.717) is 17.5 Å². The van der Waals surface area contributed by atoms with Gasteiger partial charge in [-0.2, -0.15) is 0 Å². The second-order valence-electron chi connectivity index (χ2n) is 5.99. The van der Waals surface area contributed by atoms with E-state index in [1.54, 1.807) is 24.3 Å². The second kappa shape index (κ2) is 7.59. The van der Waals surface area contributed by atoms with Crippen molar-refractivity contribution in [2.45, 2.75) is 31.0 Å². The van der Waals surface area contributed by atoms with Crippen molar-refractivity contribution in [3.05, 3.63) is 35.4 Å². The van der Waals surface area contributed by atoms with Crippen molar-refractivity contribution in [3.63, 3.8) is 0 Å². The zero-order valence-corrected chi connectivity index (χ0v) is 13.8. The Morgan fingerprint density at radius 2 is 1.84 bits per heavy atom. The van der Waals surface area contributed by atoms with Gasteiger partial charge in [0.15, 0.2) is 6.29 Å². The number of ether oxygens (including phenoxy) is 3. The monoisotopic (exact) mass is 351 g/mol. The maximum absolute atomic E-state index is 12.2. The Bertz CT molecular complexity index is 615. The Labute approximate surface area is 144 Å². The SMILES string of the molecule is CO[C@H]1OC[C@H](O)C(OCCCN2C(=O)c3ccccc3C2=O)C1O.